The first kappa shape index (κ1) is 19.2. The van der Waals surface area contributed by atoms with Gasteiger partial charge in [0.1, 0.15) is 0 Å². The smallest absolute Gasteiger partial charge is 0.261 e. The predicted molar refractivity (Wildman–Crippen MR) is 99.6 cm³/mol. The fourth-order valence-electron chi connectivity index (χ4n) is 3.25. The third-order valence-electron chi connectivity index (χ3n) is 4.56. The fourth-order valence-corrected chi connectivity index (χ4v) is 4.05. The van der Waals surface area contributed by atoms with Crippen molar-refractivity contribution in [1.82, 2.24) is 4.98 Å². The first-order chi connectivity index (χ1) is 11.0. The molecule has 1 unspecified atom stereocenters. The fraction of sp³-hybridized carbons (Fsp3) is 0.389. The van der Waals surface area contributed by atoms with E-state index in [1.165, 1.54) is 11.1 Å². The number of fused-ring (bicyclic) bond motifs is 1. The Bertz CT molecular complexity index is 804. The summed E-state index contributed by atoms with van der Waals surface area (Å²) in [6.07, 6.45) is 6.90. The van der Waals surface area contributed by atoms with Crippen molar-refractivity contribution in [2.75, 3.05) is 0 Å². The highest BCUT2D eigenvalue weighted by molar-refractivity contribution is 8.13. The number of aryl methyl sites for hydroxylation is 2. The molecule has 3 rings (SSSR count). The molecule has 6 heteroatoms. The number of hydrogen-bond donors (Lipinski definition) is 0. The molecule has 0 aliphatic heterocycles. The largest absolute Gasteiger partial charge is 0.261 e. The van der Waals surface area contributed by atoms with E-state index >= 15 is 0 Å². The minimum absolute atomic E-state index is 0. The van der Waals surface area contributed by atoms with Gasteiger partial charge in [0.2, 0.25) is 0 Å². The van der Waals surface area contributed by atoms with E-state index < -0.39 is 9.05 Å². The van der Waals surface area contributed by atoms with Crippen LogP contribution in [0.5, 0.6) is 0 Å². The van der Waals surface area contributed by atoms with Gasteiger partial charge in [-0.3, -0.25) is 4.98 Å². The van der Waals surface area contributed by atoms with E-state index in [0.29, 0.717) is 5.92 Å². The van der Waals surface area contributed by atoms with E-state index in [1.54, 1.807) is 12.1 Å². The molecule has 0 radical (unpaired) electrons. The molecule has 1 aliphatic rings. The van der Waals surface area contributed by atoms with Gasteiger partial charge in [0.05, 0.1) is 4.90 Å². The van der Waals surface area contributed by atoms with Crippen LogP contribution in [0.4, 0.5) is 0 Å². The molecule has 0 saturated carbocycles. The number of rotatable bonds is 4. The number of nitrogens with zero attached hydrogens (tertiary/aromatic N) is 1. The molecule has 0 spiro atoms. The maximum atomic E-state index is 11.5. The van der Waals surface area contributed by atoms with E-state index in [-0.39, 0.29) is 17.3 Å². The van der Waals surface area contributed by atoms with Gasteiger partial charge in [-0.05, 0) is 72.9 Å². The van der Waals surface area contributed by atoms with Crippen LogP contribution < -0.4 is 0 Å². The molecule has 1 heterocycles. The second kappa shape index (κ2) is 7.85. The molecular weight excluding hydrogens is 365 g/mol. The minimum Gasteiger partial charge on any atom is -0.261 e. The third kappa shape index (κ3) is 4.50. The third-order valence-corrected chi connectivity index (χ3v) is 5.91. The van der Waals surface area contributed by atoms with Gasteiger partial charge in [-0.2, -0.15) is 0 Å². The quantitative estimate of drug-likeness (QED) is 0.735. The van der Waals surface area contributed by atoms with Crippen molar-refractivity contribution in [3.8, 4) is 0 Å². The van der Waals surface area contributed by atoms with Crippen LogP contribution in [0.15, 0.2) is 41.4 Å². The Morgan fingerprint density at radius 1 is 1.21 bits per heavy atom. The number of pyridine rings is 1. The van der Waals surface area contributed by atoms with E-state index in [0.717, 1.165) is 43.4 Å². The lowest BCUT2D eigenvalue weighted by atomic mass is 9.81. The summed E-state index contributed by atoms with van der Waals surface area (Å²) in [5.74, 6) is 0.519. The molecular formula is C18H21Cl2NO2S. The summed E-state index contributed by atoms with van der Waals surface area (Å²) in [6, 6.07) is 9.49. The molecule has 130 valence electrons. The maximum absolute atomic E-state index is 11.5. The van der Waals surface area contributed by atoms with Crippen molar-refractivity contribution in [2.45, 2.75) is 43.9 Å². The second-order valence-electron chi connectivity index (χ2n) is 6.19. The zero-order valence-electron chi connectivity index (χ0n) is 13.5. The lowest BCUT2D eigenvalue weighted by Crippen LogP contribution is -2.17. The Morgan fingerprint density at radius 2 is 2.00 bits per heavy atom. The van der Waals surface area contributed by atoms with E-state index in [4.69, 9.17) is 10.7 Å². The monoisotopic (exact) mass is 385 g/mol. The average molecular weight is 386 g/mol. The van der Waals surface area contributed by atoms with Crippen LogP contribution in [0.2, 0.25) is 0 Å². The number of aromatic nitrogens is 1. The van der Waals surface area contributed by atoms with Crippen molar-refractivity contribution in [1.29, 1.82) is 0 Å². The Hall–Kier alpha value is -1.10. The SMILES string of the molecule is CCc1ccc(CC2CCc3ccc(S(=O)(=O)Cl)cc3C2)cn1.Cl. The highest BCUT2D eigenvalue weighted by Gasteiger charge is 2.21. The van der Waals surface area contributed by atoms with E-state index in [2.05, 4.69) is 24.0 Å². The summed E-state index contributed by atoms with van der Waals surface area (Å²) in [7, 11) is 1.80. The first-order valence-corrected chi connectivity index (χ1v) is 10.3. The molecule has 0 bridgehead atoms. The molecule has 1 aromatic carbocycles. The highest BCUT2D eigenvalue weighted by atomic mass is 35.7. The van der Waals surface area contributed by atoms with E-state index in [1.807, 2.05) is 12.3 Å². The predicted octanol–water partition coefficient (Wildman–Crippen LogP) is 4.34. The lowest BCUT2D eigenvalue weighted by Gasteiger charge is -2.25. The Kier molecular flexibility index (Phi) is 6.29. The topological polar surface area (TPSA) is 47.0 Å². The van der Waals surface area contributed by atoms with Gasteiger partial charge in [-0.15, -0.1) is 12.4 Å². The molecule has 3 nitrogen and oxygen atoms in total. The molecule has 0 amide bonds. The number of hydrogen-bond acceptors (Lipinski definition) is 3. The standard InChI is InChI=1S/C18H20ClNO2S.ClH/c1-2-17-7-4-14(12-20-17)9-13-3-5-15-6-8-18(23(19,21)22)11-16(15)10-13;/h4,6-8,11-13H,2-3,5,9-10H2,1H3;1H. The van der Waals surface area contributed by atoms with E-state index in [9.17, 15) is 8.42 Å². The first-order valence-electron chi connectivity index (χ1n) is 7.96. The molecule has 24 heavy (non-hydrogen) atoms. The van der Waals surface area contributed by atoms with Gasteiger partial charge >= 0.3 is 0 Å². The lowest BCUT2D eigenvalue weighted by molar-refractivity contribution is 0.455. The van der Waals surface area contributed by atoms with Gasteiger partial charge in [-0.1, -0.05) is 19.1 Å². The Labute approximate surface area is 154 Å². The van der Waals surface area contributed by atoms with Gasteiger partial charge in [0.15, 0.2) is 0 Å². The summed E-state index contributed by atoms with van der Waals surface area (Å²) in [5.41, 5.74) is 4.71. The number of halogens is 2. The van der Waals surface area contributed by atoms with Crippen LogP contribution in [-0.4, -0.2) is 13.4 Å². The average Bonchev–Trinajstić information content (AvgIpc) is 2.54. The summed E-state index contributed by atoms with van der Waals surface area (Å²) >= 11 is 0. The van der Waals surface area contributed by atoms with Crippen LogP contribution in [0.3, 0.4) is 0 Å². The molecule has 2 aromatic rings. The van der Waals surface area contributed by atoms with Crippen molar-refractivity contribution in [3.63, 3.8) is 0 Å². The zero-order valence-corrected chi connectivity index (χ0v) is 15.9. The van der Waals surface area contributed by atoms with Crippen LogP contribution in [0, 0.1) is 5.92 Å². The molecule has 0 fully saturated rings. The van der Waals surface area contributed by atoms with Gasteiger partial charge in [0, 0.05) is 22.6 Å². The van der Waals surface area contributed by atoms with Crippen molar-refractivity contribution in [3.05, 3.63) is 58.9 Å². The summed E-state index contributed by atoms with van der Waals surface area (Å²) < 4.78 is 23.0. The molecule has 1 aromatic heterocycles. The molecule has 0 N–H and O–H groups in total. The van der Waals surface area contributed by atoms with Gasteiger partial charge in [0.25, 0.3) is 9.05 Å². The Morgan fingerprint density at radius 3 is 2.62 bits per heavy atom. The number of benzene rings is 1. The summed E-state index contributed by atoms with van der Waals surface area (Å²) in [5, 5.41) is 0. The van der Waals surface area contributed by atoms with Gasteiger partial charge < -0.3 is 0 Å². The van der Waals surface area contributed by atoms with Crippen LogP contribution in [0.25, 0.3) is 0 Å². The van der Waals surface area contributed by atoms with Crippen LogP contribution in [-0.2, 0) is 34.7 Å². The summed E-state index contributed by atoms with van der Waals surface area (Å²) in [4.78, 5) is 4.66. The molecule has 0 saturated heterocycles. The maximum Gasteiger partial charge on any atom is 0.261 e. The second-order valence-corrected chi connectivity index (χ2v) is 8.76. The van der Waals surface area contributed by atoms with Crippen molar-refractivity contribution < 1.29 is 8.42 Å². The zero-order chi connectivity index (χ0) is 16.4. The van der Waals surface area contributed by atoms with Crippen LogP contribution >= 0.6 is 23.1 Å². The molecule has 1 atom stereocenters. The highest BCUT2D eigenvalue weighted by Crippen LogP contribution is 2.30. The van der Waals surface area contributed by atoms with Crippen LogP contribution in [0.1, 0.15) is 35.7 Å². The minimum atomic E-state index is -3.66. The van der Waals surface area contributed by atoms with Crippen molar-refractivity contribution >= 4 is 32.1 Å². The normalized spacial score (nSPS) is 17.0. The van der Waals surface area contributed by atoms with Gasteiger partial charge in [-0.25, -0.2) is 8.42 Å². The summed E-state index contributed by atoms with van der Waals surface area (Å²) in [6.45, 7) is 2.10. The Balaban J connectivity index is 0.00000208. The van der Waals surface area contributed by atoms with Crippen molar-refractivity contribution in [2.24, 2.45) is 5.92 Å². The molecule has 1 aliphatic carbocycles.